The van der Waals surface area contributed by atoms with E-state index in [1.807, 2.05) is 58.0 Å². The molecule has 28 heavy (non-hydrogen) atoms. The van der Waals surface area contributed by atoms with Crippen molar-refractivity contribution in [3.8, 4) is 11.3 Å². The Hall–Kier alpha value is -3.15. The molecule has 0 atom stereocenters. The molecule has 0 saturated heterocycles. The average molecular weight is 380 g/mol. The third-order valence-electron chi connectivity index (χ3n) is 4.48. The molecular formula is C22H24N2O4. The molecule has 0 aliphatic rings. The Morgan fingerprint density at radius 3 is 2.36 bits per heavy atom. The SMILES string of the molecule is CC(C)N(C(=O)COC(=O)c1ccc2noc(-c3ccccc3)c2c1)C(C)C. The molecule has 0 radical (unpaired) electrons. The van der Waals surface area contributed by atoms with E-state index >= 15 is 0 Å². The summed E-state index contributed by atoms with van der Waals surface area (Å²) in [5.74, 6) is -0.176. The second-order valence-corrected chi connectivity index (χ2v) is 7.17. The number of carbonyl (C=O) groups excluding carboxylic acids is 2. The number of rotatable bonds is 6. The van der Waals surface area contributed by atoms with Crippen LogP contribution in [0.4, 0.5) is 0 Å². The number of ether oxygens (including phenoxy) is 1. The summed E-state index contributed by atoms with van der Waals surface area (Å²) in [7, 11) is 0. The van der Waals surface area contributed by atoms with E-state index in [1.54, 1.807) is 23.1 Å². The van der Waals surface area contributed by atoms with Crippen LogP contribution in [-0.4, -0.2) is 40.6 Å². The molecule has 0 aliphatic carbocycles. The highest BCUT2D eigenvalue weighted by molar-refractivity contribution is 5.99. The van der Waals surface area contributed by atoms with E-state index in [4.69, 9.17) is 9.26 Å². The molecule has 2 aromatic carbocycles. The maximum Gasteiger partial charge on any atom is 0.338 e. The number of hydrogen-bond donors (Lipinski definition) is 0. The fraction of sp³-hybridized carbons (Fsp3) is 0.318. The molecule has 0 bridgehead atoms. The van der Waals surface area contributed by atoms with E-state index in [0.717, 1.165) is 10.9 Å². The first-order valence-electron chi connectivity index (χ1n) is 9.31. The van der Waals surface area contributed by atoms with Crippen LogP contribution in [0.1, 0.15) is 38.1 Å². The molecule has 3 rings (SSSR count). The van der Waals surface area contributed by atoms with Crippen LogP contribution < -0.4 is 0 Å². The fourth-order valence-corrected chi connectivity index (χ4v) is 3.32. The fourth-order valence-electron chi connectivity index (χ4n) is 3.32. The van der Waals surface area contributed by atoms with E-state index in [1.165, 1.54) is 0 Å². The number of hydrogen-bond acceptors (Lipinski definition) is 5. The van der Waals surface area contributed by atoms with Crippen molar-refractivity contribution in [3.05, 3.63) is 54.1 Å². The highest BCUT2D eigenvalue weighted by Gasteiger charge is 2.22. The van der Waals surface area contributed by atoms with Crippen molar-refractivity contribution in [2.45, 2.75) is 39.8 Å². The van der Waals surface area contributed by atoms with Gasteiger partial charge in [-0.15, -0.1) is 0 Å². The quantitative estimate of drug-likeness (QED) is 0.596. The van der Waals surface area contributed by atoms with Crippen LogP contribution in [0.15, 0.2) is 53.1 Å². The Morgan fingerprint density at radius 2 is 1.71 bits per heavy atom. The molecule has 0 fully saturated rings. The topological polar surface area (TPSA) is 72.6 Å². The van der Waals surface area contributed by atoms with Crippen molar-refractivity contribution >= 4 is 22.8 Å². The molecule has 0 aliphatic heterocycles. The van der Waals surface area contributed by atoms with Crippen LogP contribution >= 0.6 is 0 Å². The molecule has 1 amide bonds. The van der Waals surface area contributed by atoms with Gasteiger partial charge in [0.2, 0.25) is 0 Å². The monoisotopic (exact) mass is 380 g/mol. The highest BCUT2D eigenvalue weighted by Crippen LogP contribution is 2.29. The van der Waals surface area contributed by atoms with Gasteiger partial charge in [-0.3, -0.25) is 4.79 Å². The molecule has 0 unspecified atom stereocenters. The number of esters is 1. The summed E-state index contributed by atoms with van der Waals surface area (Å²) in [5.41, 5.74) is 1.87. The molecule has 6 heteroatoms. The summed E-state index contributed by atoms with van der Waals surface area (Å²) in [4.78, 5) is 26.6. The first kappa shape index (κ1) is 19.6. The van der Waals surface area contributed by atoms with Crippen LogP contribution in [0.2, 0.25) is 0 Å². The lowest BCUT2D eigenvalue weighted by molar-refractivity contribution is -0.138. The largest absolute Gasteiger partial charge is 0.452 e. The summed E-state index contributed by atoms with van der Waals surface area (Å²) in [6.45, 7) is 7.45. The Morgan fingerprint density at radius 1 is 1.04 bits per heavy atom. The Labute approximate surface area is 164 Å². The van der Waals surface area contributed by atoms with Gasteiger partial charge < -0.3 is 14.2 Å². The van der Waals surface area contributed by atoms with Gasteiger partial charge in [-0.2, -0.15) is 0 Å². The van der Waals surface area contributed by atoms with Gasteiger partial charge in [0.15, 0.2) is 12.4 Å². The normalized spacial score (nSPS) is 11.2. The summed E-state index contributed by atoms with van der Waals surface area (Å²) < 4.78 is 10.7. The van der Waals surface area contributed by atoms with Gasteiger partial charge in [0, 0.05) is 17.6 Å². The van der Waals surface area contributed by atoms with Crippen molar-refractivity contribution in [1.82, 2.24) is 10.1 Å². The van der Waals surface area contributed by atoms with Gasteiger partial charge in [0.25, 0.3) is 5.91 Å². The minimum atomic E-state index is -0.553. The van der Waals surface area contributed by atoms with Crippen LogP contribution in [0.3, 0.4) is 0 Å². The number of amides is 1. The molecule has 0 saturated carbocycles. The van der Waals surface area contributed by atoms with Crippen LogP contribution in [-0.2, 0) is 9.53 Å². The number of fused-ring (bicyclic) bond motifs is 1. The highest BCUT2D eigenvalue weighted by atomic mass is 16.5. The van der Waals surface area contributed by atoms with E-state index in [9.17, 15) is 9.59 Å². The second-order valence-electron chi connectivity index (χ2n) is 7.17. The number of benzene rings is 2. The van der Waals surface area contributed by atoms with Gasteiger partial charge in [0.05, 0.1) is 10.9 Å². The summed E-state index contributed by atoms with van der Waals surface area (Å²) in [5, 5.41) is 4.76. The summed E-state index contributed by atoms with van der Waals surface area (Å²) in [6, 6.07) is 14.6. The predicted molar refractivity (Wildman–Crippen MR) is 107 cm³/mol. The van der Waals surface area contributed by atoms with Crippen LogP contribution in [0.25, 0.3) is 22.2 Å². The van der Waals surface area contributed by atoms with Gasteiger partial charge in [-0.05, 0) is 45.9 Å². The third kappa shape index (κ3) is 4.06. The van der Waals surface area contributed by atoms with E-state index in [2.05, 4.69) is 5.16 Å². The lowest BCUT2D eigenvalue weighted by Gasteiger charge is -2.30. The maximum atomic E-state index is 12.5. The van der Waals surface area contributed by atoms with E-state index < -0.39 is 5.97 Å². The Balaban J connectivity index is 1.78. The predicted octanol–water partition coefficient (Wildman–Crippen LogP) is 4.30. The van der Waals surface area contributed by atoms with Crippen molar-refractivity contribution in [2.24, 2.45) is 0 Å². The standard InChI is InChI=1S/C22H24N2O4/c1-14(2)24(15(3)4)20(25)13-27-22(26)17-10-11-19-18(12-17)21(28-23-19)16-8-6-5-7-9-16/h5-12,14-15H,13H2,1-4H3. The minimum Gasteiger partial charge on any atom is -0.452 e. The Kier molecular flexibility index (Phi) is 5.78. The first-order valence-corrected chi connectivity index (χ1v) is 9.31. The van der Waals surface area contributed by atoms with Gasteiger partial charge in [0.1, 0.15) is 5.52 Å². The lowest BCUT2D eigenvalue weighted by atomic mass is 10.1. The maximum absolute atomic E-state index is 12.5. The number of aromatic nitrogens is 1. The third-order valence-corrected chi connectivity index (χ3v) is 4.48. The minimum absolute atomic E-state index is 0.0352. The van der Waals surface area contributed by atoms with Crippen molar-refractivity contribution < 1.29 is 18.8 Å². The van der Waals surface area contributed by atoms with E-state index in [-0.39, 0.29) is 24.6 Å². The molecule has 6 nitrogen and oxygen atoms in total. The van der Waals surface area contributed by atoms with E-state index in [0.29, 0.717) is 16.8 Å². The smallest absolute Gasteiger partial charge is 0.338 e. The number of nitrogens with zero attached hydrogens (tertiary/aromatic N) is 2. The van der Waals surface area contributed by atoms with Crippen molar-refractivity contribution in [3.63, 3.8) is 0 Å². The molecule has 146 valence electrons. The summed E-state index contributed by atoms with van der Waals surface area (Å²) >= 11 is 0. The van der Waals surface area contributed by atoms with Gasteiger partial charge >= 0.3 is 5.97 Å². The summed E-state index contributed by atoms with van der Waals surface area (Å²) in [6.07, 6.45) is 0. The van der Waals surface area contributed by atoms with Gasteiger partial charge in [-0.1, -0.05) is 35.5 Å². The first-order chi connectivity index (χ1) is 13.4. The zero-order valence-electron chi connectivity index (χ0n) is 16.5. The molecule has 0 spiro atoms. The Bertz CT molecular complexity index is 969. The van der Waals surface area contributed by atoms with Crippen LogP contribution in [0.5, 0.6) is 0 Å². The zero-order chi connectivity index (χ0) is 20.3. The zero-order valence-corrected chi connectivity index (χ0v) is 16.5. The molecular weight excluding hydrogens is 356 g/mol. The molecule has 1 aromatic heterocycles. The molecule has 1 heterocycles. The lowest BCUT2D eigenvalue weighted by Crippen LogP contribution is -2.44. The second kappa shape index (κ2) is 8.25. The van der Waals surface area contributed by atoms with Gasteiger partial charge in [-0.25, -0.2) is 4.79 Å². The van der Waals surface area contributed by atoms with Crippen molar-refractivity contribution in [1.29, 1.82) is 0 Å². The molecule has 0 N–H and O–H groups in total. The average Bonchev–Trinajstić information content (AvgIpc) is 3.09. The number of carbonyl (C=O) groups is 2. The van der Waals surface area contributed by atoms with Crippen LogP contribution in [0, 0.1) is 0 Å². The van der Waals surface area contributed by atoms with Crippen molar-refractivity contribution in [2.75, 3.05) is 6.61 Å². The molecule has 3 aromatic rings.